The first-order chi connectivity index (χ1) is 15.0. The molecule has 0 unspecified atom stereocenters. The van der Waals surface area contributed by atoms with Gasteiger partial charge in [-0.2, -0.15) is 0 Å². The summed E-state index contributed by atoms with van der Waals surface area (Å²) in [5, 5.41) is 11.5. The van der Waals surface area contributed by atoms with E-state index in [1.165, 1.54) is 17.2 Å². The van der Waals surface area contributed by atoms with Crippen molar-refractivity contribution in [1.82, 2.24) is 9.55 Å². The number of hydrogen-bond acceptors (Lipinski definition) is 4. The van der Waals surface area contributed by atoms with E-state index in [1.54, 1.807) is 12.1 Å². The highest BCUT2D eigenvalue weighted by Gasteiger charge is 2.19. The minimum Gasteiger partial charge on any atom is -0.545 e. The highest BCUT2D eigenvalue weighted by molar-refractivity contribution is 5.91. The van der Waals surface area contributed by atoms with Crippen LogP contribution in [-0.2, 0) is 13.2 Å². The van der Waals surface area contributed by atoms with Crippen LogP contribution in [0.5, 0.6) is 5.75 Å². The van der Waals surface area contributed by atoms with Crippen molar-refractivity contribution in [2.75, 3.05) is 0 Å². The Morgan fingerprint density at radius 3 is 2.74 bits per heavy atom. The quantitative estimate of drug-likeness (QED) is 0.512. The maximum atomic E-state index is 11.5. The monoisotopic (exact) mass is 409 g/mol. The Morgan fingerprint density at radius 2 is 1.90 bits per heavy atom. The van der Waals surface area contributed by atoms with Gasteiger partial charge in [-0.15, -0.1) is 0 Å². The van der Waals surface area contributed by atoms with E-state index in [0.717, 1.165) is 33.3 Å². The second-order valence-corrected chi connectivity index (χ2v) is 7.88. The Kier molecular flexibility index (Phi) is 4.59. The van der Waals surface area contributed by atoms with Crippen LogP contribution in [0.3, 0.4) is 0 Å². The van der Waals surface area contributed by atoms with Crippen LogP contribution in [0.25, 0.3) is 16.6 Å². The number of benzene rings is 3. The molecule has 2 heterocycles. The molecule has 31 heavy (non-hydrogen) atoms. The number of carbonyl (C=O) groups is 1. The molecule has 0 atom stereocenters. The number of carbonyl (C=O) groups excluding carboxylic acids is 1. The normalized spacial score (nSPS) is 14.1. The van der Waals surface area contributed by atoms with Gasteiger partial charge >= 0.3 is 0 Å². The van der Waals surface area contributed by atoms with Gasteiger partial charge in [0.25, 0.3) is 0 Å². The van der Waals surface area contributed by atoms with Gasteiger partial charge in [0.1, 0.15) is 12.4 Å². The number of imidazole rings is 1. The molecule has 0 spiro atoms. The van der Waals surface area contributed by atoms with Crippen LogP contribution in [0.1, 0.15) is 38.2 Å². The van der Waals surface area contributed by atoms with Gasteiger partial charge < -0.3 is 19.2 Å². The largest absolute Gasteiger partial charge is 0.545 e. The van der Waals surface area contributed by atoms with E-state index in [4.69, 9.17) is 4.74 Å². The van der Waals surface area contributed by atoms with E-state index < -0.39 is 5.97 Å². The summed E-state index contributed by atoms with van der Waals surface area (Å²) in [6.07, 6.45) is 3.96. The fraction of sp³-hybridized carbons (Fsp3) is 0.154. The summed E-state index contributed by atoms with van der Waals surface area (Å²) in [4.78, 5) is 16.0. The number of rotatable bonds is 3. The van der Waals surface area contributed by atoms with Crippen molar-refractivity contribution in [2.45, 2.75) is 27.0 Å². The lowest BCUT2D eigenvalue weighted by Crippen LogP contribution is -2.22. The number of carboxylic acids is 1. The van der Waals surface area contributed by atoms with Gasteiger partial charge in [-0.05, 0) is 77.6 Å². The summed E-state index contributed by atoms with van der Waals surface area (Å²) in [6.45, 7) is 5.21. The fourth-order valence-electron chi connectivity index (χ4n) is 4.07. The number of nitrogens with zero attached hydrogens (tertiary/aromatic N) is 2. The number of allylic oxidation sites excluding steroid dienone is 1. The van der Waals surface area contributed by atoms with E-state index in [9.17, 15) is 9.90 Å². The van der Waals surface area contributed by atoms with Crippen LogP contribution < -0.4 is 9.84 Å². The van der Waals surface area contributed by atoms with Crippen molar-refractivity contribution in [3.05, 3.63) is 100 Å². The van der Waals surface area contributed by atoms with Crippen LogP contribution in [-0.4, -0.2) is 15.5 Å². The number of aromatic carboxylic acids is 1. The lowest BCUT2D eigenvalue weighted by atomic mass is 9.93. The first kappa shape index (κ1) is 19.1. The summed E-state index contributed by atoms with van der Waals surface area (Å²) in [7, 11) is 0. The number of hydrogen-bond donors (Lipinski definition) is 0. The molecule has 0 radical (unpaired) electrons. The Hall–Kier alpha value is -3.86. The smallest absolute Gasteiger partial charge is 0.127 e. The molecule has 0 aliphatic carbocycles. The number of fused-ring (bicyclic) bond motifs is 3. The minimum atomic E-state index is -1.20. The van der Waals surface area contributed by atoms with Gasteiger partial charge in [0, 0.05) is 12.1 Å². The van der Waals surface area contributed by atoms with Crippen LogP contribution in [0, 0.1) is 13.8 Å². The third-order valence-corrected chi connectivity index (χ3v) is 5.92. The van der Waals surface area contributed by atoms with E-state index in [-0.39, 0.29) is 5.56 Å². The van der Waals surface area contributed by atoms with Gasteiger partial charge in [0.15, 0.2) is 0 Å². The van der Waals surface area contributed by atoms with Crippen molar-refractivity contribution < 1.29 is 14.6 Å². The lowest BCUT2D eigenvalue weighted by molar-refractivity contribution is -0.255. The summed E-state index contributed by atoms with van der Waals surface area (Å²) < 4.78 is 8.11. The molecule has 0 fully saturated rings. The Balaban J connectivity index is 1.66. The lowest BCUT2D eigenvalue weighted by Gasteiger charge is -2.13. The van der Waals surface area contributed by atoms with Crippen molar-refractivity contribution in [1.29, 1.82) is 0 Å². The molecule has 5 rings (SSSR count). The average Bonchev–Trinajstić information content (AvgIpc) is 3.07. The number of aryl methyl sites for hydroxylation is 2. The van der Waals surface area contributed by atoms with Crippen LogP contribution >= 0.6 is 0 Å². The Bertz CT molecular complexity index is 1360. The summed E-state index contributed by atoms with van der Waals surface area (Å²) in [5.74, 6) is -0.541. The highest BCUT2D eigenvalue weighted by Crippen LogP contribution is 2.37. The summed E-state index contributed by atoms with van der Waals surface area (Å²) in [5.41, 5.74) is 8.39. The van der Waals surface area contributed by atoms with Gasteiger partial charge in [-0.3, -0.25) is 0 Å². The van der Waals surface area contributed by atoms with Crippen LogP contribution in [0.15, 0.2) is 67.0 Å². The van der Waals surface area contributed by atoms with Gasteiger partial charge in [-0.25, -0.2) is 4.98 Å². The molecule has 0 N–H and O–H groups in total. The standard InChI is InChI=1S/C26H22N2O3/c1-16-11-23-24(12-17(16)2)28(15-27-23)10-9-21-20-6-4-3-5-19(20)14-31-25-8-7-18(26(29)30)13-22(21)25/h3-9,11-13,15H,10,14H2,1-2H3,(H,29,30)/p-1/b21-9+. The van der Waals surface area contributed by atoms with E-state index in [0.29, 0.717) is 18.9 Å². The minimum absolute atomic E-state index is 0.131. The number of ether oxygens (including phenoxy) is 1. The molecule has 0 saturated heterocycles. The Labute approximate surface area is 180 Å². The average molecular weight is 409 g/mol. The van der Waals surface area contributed by atoms with Crippen molar-refractivity contribution in [3.8, 4) is 5.75 Å². The zero-order valence-corrected chi connectivity index (χ0v) is 17.4. The van der Waals surface area contributed by atoms with Crippen molar-refractivity contribution in [2.24, 2.45) is 0 Å². The summed E-state index contributed by atoms with van der Waals surface area (Å²) in [6, 6.07) is 17.2. The first-order valence-corrected chi connectivity index (χ1v) is 10.2. The second-order valence-electron chi connectivity index (χ2n) is 7.88. The Morgan fingerprint density at radius 1 is 1.10 bits per heavy atom. The maximum absolute atomic E-state index is 11.5. The molecule has 5 nitrogen and oxygen atoms in total. The fourth-order valence-corrected chi connectivity index (χ4v) is 4.07. The third kappa shape index (κ3) is 3.38. The maximum Gasteiger partial charge on any atom is 0.127 e. The molecular weight excluding hydrogens is 388 g/mol. The predicted molar refractivity (Wildman–Crippen MR) is 118 cm³/mol. The predicted octanol–water partition coefficient (Wildman–Crippen LogP) is 4.04. The number of carboxylic acid groups (broad SMARTS) is 1. The molecule has 154 valence electrons. The molecular formula is C26H21N2O3-. The number of aromatic nitrogens is 2. The molecule has 1 aromatic heterocycles. The SMILES string of the molecule is Cc1cc2ncn(C/C=C3\c4ccccc4COc4ccc(C(=O)[O-])cc43)c2cc1C. The van der Waals surface area contributed by atoms with Gasteiger partial charge in [-0.1, -0.05) is 30.3 Å². The van der Waals surface area contributed by atoms with E-state index in [1.807, 2.05) is 30.6 Å². The van der Waals surface area contributed by atoms with Gasteiger partial charge in [0.2, 0.25) is 0 Å². The molecule has 1 aliphatic rings. The third-order valence-electron chi connectivity index (χ3n) is 5.92. The highest BCUT2D eigenvalue weighted by atomic mass is 16.5. The topological polar surface area (TPSA) is 67.2 Å². The van der Waals surface area contributed by atoms with Gasteiger partial charge in [0.05, 0.1) is 23.3 Å². The molecule has 5 heteroatoms. The van der Waals surface area contributed by atoms with E-state index >= 15 is 0 Å². The second kappa shape index (κ2) is 7.43. The molecule has 0 bridgehead atoms. The van der Waals surface area contributed by atoms with Crippen molar-refractivity contribution in [3.63, 3.8) is 0 Å². The van der Waals surface area contributed by atoms with E-state index in [2.05, 4.69) is 41.6 Å². The zero-order valence-electron chi connectivity index (χ0n) is 17.4. The zero-order chi connectivity index (χ0) is 21.5. The molecule has 4 aromatic rings. The summed E-state index contributed by atoms with van der Waals surface area (Å²) >= 11 is 0. The van der Waals surface area contributed by atoms with Crippen LogP contribution in [0.2, 0.25) is 0 Å². The van der Waals surface area contributed by atoms with Crippen molar-refractivity contribution >= 4 is 22.6 Å². The molecule has 3 aromatic carbocycles. The first-order valence-electron chi connectivity index (χ1n) is 10.2. The molecule has 0 amide bonds. The molecule has 1 aliphatic heterocycles. The van der Waals surface area contributed by atoms with Crippen LogP contribution in [0.4, 0.5) is 0 Å². The molecule has 0 saturated carbocycles.